The number of benzene rings is 3. The van der Waals surface area contributed by atoms with Gasteiger partial charge in [-0.25, -0.2) is 4.79 Å². The number of aryl methyl sites for hydroxylation is 1. The highest BCUT2D eigenvalue weighted by atomic mass is 16.5. The van der Waals surface area contributed by atoms with Crippen LogP contribution in [0.5, 0.6) is 11.5 Å². The summed E-state index contributed by atoms with van der Waals surface area (Å²) in [5.74, 6) is 1.31. The van der Waals surface area contributed by atoms with Gasteiger partial charge in [0.05, 0.1) is 20.6 Å². The summed E-state index contributed by atoms with van der Waals surface area (Å²) in [6.07, 6.45) is 4.01. The van der Waals surface area contributed by atoms with Crippen molar-refractivity contribution in [3.8, 4) is 11.5 Å². The van der Waals surface area contributed by atoms with Crippen molar-refractivity contribution in [1.29, 1.82) is 0 Å². The number of anilines is 2. The third kappa shape index (κ3) is 6.36. The summed E-state index contributed by atoms with van der Waals surface area (Å²) in [6, 6.07) is 21.1. The van der Waals surface area contributed by atoms with E-state index in [9.17, 15) is 9.59 Å². The van der Waals surface area contributed by atoms with E-state index in [4.69, 9.17) is 9.47 Å². The molecule has 1 heterocycles. The third-order valence-electron chi connectivity index (χ3n) is 6.36. The van der Waals surface area contributed by atoms with Gasteiger partial charge in [0.15, 0.2) is 11.5 Å². The number of hydrogen-bond donors (Lipinski definition) is 2. The first kappa shape index (κ1) is 25.1. The van der Waals surface area contributed by atoms with E-state index < -0.39 is 0 Å². The number of carbonyl (C=O) groups excluding carboxylic acids is 2. The molecule has 3 aromatic rings. The monoisotopic (exact) mass is 487 g/mol. The molecule has 2 N–H and O–H groups in total. The molecule has 0 spiro atoms. The van der Waals surface area contributed by atoms with Crippen LogP contribution in [0.4, 0.5) is 16.2 Å². The molecule has 4 rings (SSSR count). The molecular weight excluding hydrogens is 454 g/mol. The van der Waals surface area contributed by atoms with Crippen LogP contribution in [0, 0.1) is 0 Å². The predicted octanol–water partition coefficient (Wildman–Crippen LogP) is 4.98. The number of nitrogens with zero attached hydrogens (tertiary/aromatic N) is 1. The lowest BCUT2D eigenvalue weighted by Gasteiger charge is -2.23. The number of methoxy groups -OCH3 is 2. The van der Waals surface area contributed by atoms with Crippen molar-refractivity contribution in [3.63, 3.8) is 0 Å². The van der Waals surface area contributed by atoms with Gasteiger partial charge in [0.25, 0.3) is 0 Å². The number of carbonyl (C=O) groups is 2. The highest BCUT2D eigenvalue weighted by Gasteiger charge is 2.21. The van der Waals surface area contributed by atoms with Crippen molar-refractivity contribution in [2.45, 2.75) is 32.1 Å². The molecule has 188 valence electrons. The van der Waals surface area contributed by atoms with Crippen molar-refractivity contribution in [3.05, 3.63) is 83.4 Å². The van der Waals surface area contributed by atoms with E-state index >= 15 is 0 Å². The molecule has 0 fully saturated rings. The Morgan fingerprint density at radius 3 is 2.42 bits per heavy atom. The summed E-state index contributed by atoms with van der Waals surface area (Å²) in [5.41, 5.74) is 4.84. The van der Waals surface area contributed by atoms with Crippen LogP contribution >= 0.6 is 0 Å². The van der Waals surface area contributed by atoms with Gasteiger partial charge in [-0.1, -0.05) is 36.4 Å². The maximum atomic E-state index is 13.0. The van der Waals surface area contributed by atoms with Gasteiger partial charge in [0.2, 0.25) is 5.91 Å². The smallest absolute Gasteiger partial charge is 0.326 e. The van der Waals surface area contributed by atoms with Gasteiger partial charge in [0, 0.05) is 24.5 Å². The Hall–Kier alpha value is -4.00. The van der Waals surface area contributed by atoms with Crippen LogP contribution in [0.1, 0.15) is 29.5 Å². The molecule has 0 aliphatic carbocycles. The first-order valence-electron chi connectivity index (χ1n) is 12.3. The number of para-hydroxylation sites is 1. The minimum atomic E-state index is -0.134. The Bertz CT molecular complexity index is 1190. The minimum Gasteiger partial charge on any atom is -0.493 e. The quantitative estimate of drug-likeness (QED) is 0.470. The average Bonchev–Trinajstić information content (AvgIpc) is 3.12. The Balaban J connectivity index is 1.27. The highest BCUT2D eigenvalue weighted by Crippen LogP contribution is 2.28. The lowest BCUT2D eigenvalue weighted by molar-refractivity contribution is -0.120. The second-order valence-electron chi connectivity index (χ2n) is 8.83. The first-order chi connectivity index (χ1) is 17.6. The standard InChI is InChI=1S/C29H33N3O4/c1-35-26-15-12-22(19-27(26)36-2)16-17-30-28(33)20-21-10-13-24(14-11-21)31-29(34)32-18-6-5-8-23-7-3-4-9-25(23)32/h3-4,7,9-15,19H,5-6,8,16-18,20H2,1-2H3,(H,30,33)(H,31,34). The molecule has 0 radical (unpaired) electrons. The molecule has 36 heavy (non-hydrogen) atoms. The molecule has 0 unspecified atom stereocenters. The summed E-state index contributed by atoms with van der Waals surface area (Å²) in [4.78, 5) is 27.2. The molecule has 3 amide bonds. The summed E-state index contributed by atoms with van der Waals surface area (Å²) in [6.45, 7) is 1.23. The predicted molar refractivity (Wildman–Crippen MR) is 142 cm³/mol. The third-order valence-corrected chi connectivity index (χ3v) is 6.36. The molecule has 0 atom stereocenters. The SMILES string of the molecule is COc1ccc(CCNC(=O)Cc2ccc(NC(=O)N3CCCCc4ccccc43)cc2)cc1OC. The fourth-order valence-corrected chi connectivity index (χ4v) is 4.43. The van der Waals surface area contributed by atoms with Crippen LogP contribution in [0.15, 0.2) is 66.7 Å². The van der Waals surface area contributed by atoms with Gasteiger partial charge in [-0.3, -0.25) is 9.69 Å². The number of fused-ring (bicyclic) bond motifs is 1. The lowest BCUT2D eigenvalue weighted by atomic mass is 10.1. The Kier molecular flexibility index (Phi) is 8.44. The van der Waals surface area contributed by atoms with Crippen LogP contribution in [-0.2, 0) is 24.1 Å². The fraction of sp³-hybridized carbons (Fsp3) is 0.310. The van der Waals surface area contributed by atoms with Crippen LogP contribution < -0.4 is 25.0 Å². The minimum absolute atomic E-state index is 0.0477. The Labute approximate surface area is 212 Å². The van der Waals surface area contributed by atoms with Gasteiger partial charge >= 0.3 is 6.03 Å². The van der Waals surface area contributed by atoms with Crippen LogP contribution in [-0.4, -0.2) is 39.2 Å². The topological polar surface area (TPSA) is 79.9 Å². The largest absolute Gasteiger partial charge is 0.493 e. The second kappa shape index (κ2) is 12.1. The van der Waals surface area contributed by atoms with E-state index in [1.54, 1.807) is 14.2 Å². The average molecular weight is 488 g/mol. The fourth-order valence-electron chi connectivity index (χ4n) is 4.43. The first-order valence-corrected chi connectivity index (χ1v) is 12.3. The van der Waals surface area contributed by atoms with Gasteiger partial charge in [-0.2, -0.15) is 0 Å². The maximum absolute atomic E-state index is 13.0. The number of rotatable bonds is 8. The van der Waals surface area contributed by atoms with Gasteiger partial charge in [0.1, 0.15) is 0 Å². The van der Waals surface area contributed by atoms with Gasteiger partial charge in [-0.15, -0.1) is 0 Å². The van der Waals surface area contributed by atoms with E-state index in [0.29, 0.717) is 36.7 Å². The summed E-state index contributed by atoms with van der Waals surface area (Å²) < 4.78 is 10.6. The molecular formula is C29H33N3O4. The molecule has 0 aromatic heterocycles. The Morgan fingerprint density at radius 1 is 0.889 bits per heavy atom. The number of nitrogens with one attached hydrogen (secondary N) is 2. The van der Waals surface area contributed by atoms with Gasteiger partial charge in [-0.05, 0) is 72.7 Å². The molecule has 1 aliphatic rings. The number of ether oxygens (including phenoxy) is 2. The summed E-state index contributed by atoms with van der Waals surface area (Å²) in [7, 11) is 3.21. The van der Waals surface area contributed by atoms with Crippen molar-refractivity contribution in [2.24, 2.45) is 0 Å². The van der Waals surface area contributed by atoms with Crippen LogP contribution in [0.25, 0.3) is 0 Å². The second-order valence-corrected chi connectivity index (χ2v) is 8.83. The lowest BCUT2D eigenvalue weighted by Crippen LogP contribution is -2.35. The van der Waals surface area contributed by atoms with Crippen molar-refractivity contribution in [2.75, 3.05) is 37.5 Å². The molecule has 7 nitrogen and oxygen atoms in total. The van der Waals surface area contributed by atoms with Gasteiger partial charge < -0.3 is 20.1 Å². The summed E-state index contributed by atoms with van der Waals surface area (Å²) >= 11 is 0. The highest BCUT2D eigenvalue weighted by molar-refractivity contribution is 6.02. The molecule has 1 aliphatic heterocycles. The molecule has 7 heteroatoms. The van der Waals surface area contributed by atoms with Crippen molar-refractivity contribution in [1.82, 2.24) is 5.32 Å². The molecule has 0 bridgehead atoms. The van der Waals surface area contributed by atoms with E-state index in [-0.39, 0.29) is 18.4 Å². The zero-order chi connectivity index (χ0) is 25.3. The Morgan fingerprint density at radius 2 is 1.64 bits per heavy atom. The maximum Gasteiger partial charge on any atom is 0.326 e. The zero-order valence-corrected chi connectivity index (χ0v) is 20.9. The van der Waals surface area contributed by atoms with Crippen molar-refractivity contribution >= 4 is 23.3 Å². The summed E-state index contributed by atoms with van der Waals surface area (Å²) in [5, 5.41) is 5.96. The van der Waals surface area contributed by atoms with Crippen molar-refractivity contribution < 1.29 is 19.1 Å². The van der Waals surface area contributed by atoms with E-state index in [2.05, 4.69) is 16.7 Å². The number of urea groups is 1. The van der Waals surface area contributed by atoms with E-state index in [0.717, 1.165) is 36.1 Å². The van der Waals surface area contributed by atoms with Crippen LogP contribution in [0.3, 0.4) is 0 Å². The number of amides is 3. The molecule has 3 aromatic carbocycles. The van der Waals surface area contributed by atoms with E-state index in [1.165, 1.54) is 5.56 Å². The van der Waals surface area contributed by atoms with Crippen LogP contribution in [0.2, 0.25) is 0 Å². The molecule has 0 saturated heterocycles. The number of hydrogen-bond acceptors (Lipinski definition) is 4. The normalized spacial score (nSPS) is 12.8. The van der Waals surface area contributed by atoms with E-state index in [1.807, 2.05) is 65.6 Å². The zero-order valence-electron chi connectivity index (χ0n) is 20.9. The molecule has 0 saturated carbocycles.